The van der Waals surface area contributed by atoms with Crippen LogP contribution in [-0.4, -0.2) is 64.2 Å². The molecule has 0 radical (unpaired) electrons. The largest absolute Gasteiger partial charge is 0.395 e. The van der Waals surface area contributed by atoms with E-state index in [1.54, 1.807) is 0 Å². The van der Waals surface area contributed by atoms with Crippen LogP contribution in [0.4, 0.5) is 5.82 Å². The summed E-state index contributed by atoms with van der Waals surface area (Å²) in [6, 6.07) is 24.4. The van der Waals surface area contributed by atoms with Crippen LogP contribution in [0.25, 0.3) is 10.9 Å². The number of nitrogens with one attached hydrogen (secondary N) is 1. The van der Waals surface area contributed by atoms with Crippen LogP contribution >= 0.6 is 23.2 Å². The van der Waals surface area contributed by atoms with Crippen LogP contribution in [0.2, 0.25) is 10.0 Å². The molecule has 1 saturated heterocycles. The zero-order valence-electron chi connectivity index (χ0n) is 19.9. The molecule has 1 aliphatic heterocycles. The summed E-state index contributed by atoms with van der Waals surface area (Å²) in [6.07, 6.45) is 0. The second-order valence-corrected chi connectivity index (χ2v) is 9.85. The molecule has 0 spiro atoms. The first-order valence-electron chi connectivity index (χ1n) is 12.2. The number of benzene rings is 3. The Morgan fingerprint density at radius 2 is 1.42 bits per heavy atom. The van der Waals surface area contributed by atoms with Crippen molar-refractivity contribution in [2.45, 2.75) is 12.6 Å². The van der Waals surface area contributed by atoms with Gasteiger partial charge in [0.05, 0.1) is 24.7 Å². The van der Waals surface area contributed by atoms with Crippen molar-refractivity contribution in [2.24, 2.45) is 0 Å². The Kier molecular flexibility index (Phi) is 7.99. The molecule has 1 aromatic heterocycles. The van der Waals surface area contributed by atoms with Crippen molar-refractivity contribution in [1.82, 2.24) is 19.8 Å². The average Bonchev–Trinajstić information content (AvgIpc) is 2.90. The number of hydrogen-bond donors (Lipinski definition) is 2. The topological polar surface area (TPSA) is 64.5 Å². The number of fused-ring (bicyclic) bond motifs is 1. The van der Waals surface area contributed by atoms with Crippen molar-refractivity contribution in [3.63, 3.8) is 0 Å². The van der Waals surface area contributed by atoms with Crippen molar-refractivity contribution >= 4 is 39.9 Å². The lowest BCUT2D eigenvalue weighted by Crippen LogP contribution is -2.47. The maximum Gasteiger partial charge on any atom is 0.145 e. The standard InChI is InChI=1S/C28H29Cl2N5O/c29-22-9-5-20(6-10-22)27(21-7-11-23(30)12-8-21)35-16-14-34(15-17-35)19-26-32-25-4-2-1-3-24(25)28(33-26)31-13-18-36/h1-12,27,36H,13-19H2,(H,31,32,33). The van der Waals surface area contributed by atoms with Crippen LogP contribution in [0.3, 0.4) is 0 Å². The number of nitrogens with zero attached hydrogens (tertiary/aromatic N) is 4. The highest BCUT2D eigenvalue weighted by Crippen LogP contribution is 2.31. The first kappa shape index (κ1) is 24.9. The quantitative estimate of drug-likeness (QED) is 0.330. The molecule has 36 heavy (non-hydrogen) atoms. The Bertz CT molecular complexity index is 1250. The summed E-state index contributed by atoms with van der Waals surface area (Å²) in [6.45, 7) is 4.84. The van der Waals surface area contributed by atoms with Gasteiger partial charge in [0, 0.05) is 48.2 Å². The van der Waals surface area contributed by atoms with Crippen LogP contribution < -0.4 is 5.32 Å². The van der Waals surface area contributed by atoms with E-state index >= 15 is 0 Å². The zero-order chi connectivity index (χ0) is 24.9. The van der Waals surface area contributed by atoms with E-state index in [1.807, 2.05) is 48.5 Å². The molecule has 2 heterocycles. The number of aliphatic hydroxyl groups excluding tert-OH is 1. The maximum absolute atomic E-state index is 9.26. The van der Waals surface area contributed by atoms with Crippen LogP contribution in [0.5, 0.6) is 0 Å². The summed E-state index contributed by atoms with van der Waals surface area (Å²) >= 11 is 12.3. The Morgan fingerprint density at radius 1 is 0.806 bits per heavy atom. The van der Waals surface area contributed by atoms with Gasteiger partial charge in [-0.2, -0.15) is 0 Å². The Hall–Kier alpha value is -2.74. The Morgan fingerprint density at radius 3 is 2.03 bits per heavy atom. The number of aromatic nitrogens is 2. The fourth-order valence-electron chi connectivity index (χ4n) is 4.79. The number of hydrogen-bond acceptors (Lipinski definition) is 6. The highest BCUT2D eigenvalue weighted by atomic mass is 35.5. The number of aliphatic hydroxyl groups is 1. The molecule has 0 bridgehead atoms. The molecular weight excluding hydrogens is 493 g/mol. The van der Waals surface area contributed by atoms with Gasteiger partial charge in [-0.25, -0.2) is 9.97 Å². The SMILES string of the molecule is OCCNc1nc(CN2CCN(C(c3ccc(Cl)cc3)c3ccc(Cl)cc3)CC2)nc2ccccc12. The van der Waals surface area contributed by atoms with Crippen molar-refractivity contribution < 1.29 is 5.11 Å². The van der Waals surface area contributed by atoms with Crippen molar-refractivity contribution in [3.05, 3.63) is 99.8 Å². The van der Waals surface area contributed by atoms with Crippen molar-refractivity contribution in [2.75, 3.05) is 44.6 Å². The number of piperazine rings is 1. The summed E-state index contributed by atoms with van der Waals surface area (Å²) in [5, 5.41) is 14.9. The van der Waals surface area contributed by atoms with Gasteiger partial charge < -0.3 is 10.4 Å². The highest BCUT2D eigenvalue weighted by molar-refractivity contribution is 6.30. The van der Waals surface area contributed by atoms with Crippen LogP contribution in [-0.2, 0) is 6.54 Å². The Balaban J connectivity index is 1.32. The van der Waals surface area contributed by atoms with Gasteiger partial charge in [-0.05, 0) is 47.5 Å². The van der Waals surface area contributed by atoms with Gasteiger partial charge in [-0.15, -0.1) is 0 Å². The van der Waals surface area contributed by atoms with E-state index in [9.17, 15) is 5.11 Å². The fraction of sp³-hybridized carbons (Fsp3) is 0.286. The number of anilines is 1. The maximum atomic E-state index is 9.26. The number of para-hydroxylation sites is 1. The smallest absolute Gasteiger partial charge is 0.145 e. The Labute approximate surface area is 221 Å². The van der Waals surface area contributed by atoms with E-state index in [4.69, 9.17) is 33.2 Å². The first-order valence-corrected chi connectivity index (χ1v) is 12.9. The molecule has 0 atom stereocenters. The van der Waals surface area contributed by atoms with Gasteiger partial charge in [-0.1, -0.05) is 59.6 Å². The van der Waals surface area contributed by atoms with Gasteiger partial charge >= 0.3 is 0 Å². The summed E-state index contributed by atoms with van der Waals surface area (Å²) in [7, 11) is 0. The van der Waals surface area contributed by atoms with E-state index in [2.05, 4.69) is 39.4 Å². The number of rotatable bonds is 8. The van der Waals surface area contributed by atoms with E-state index in [1.165, 1.54) is 11.1 Å². The van der Waals surface area contributed by atoms with Crippen LogP contribution in [0.15, 0.2) is 72.8 Å². The average molecular weight is 522 g/mol. The van der Waals surface area contributed by atoms with Crippen molar-refractivity contribution in [1.29, 1.82) is 0 Å². The minimum Gasteiger partial charge on any atom is -0.395 e. The number of halogens is 2. The molecule has 0 unspecified atom stereocenters. The van der Waals surface area contributed by atoms with Gasteiger partial charge in [0.15, 0.2) is 0 Å². The molecule has 186 valence electrons. The molecule has 8 heteroatoms. The predicted octanol–water partition coefficient (Wildman–Crippen LogP) is 5.25. The van der Waals surface area contributed by atoms with Gasteiger partial charge in [0.2, 0.25) is 0 Å². The highest BCUT2D eigenvalue weighted by Gasteiger charge is 2.27. The molecule has 6 nitrogen and oxygen atoms in total. The summed E-state index contributed by atoms with van der Waals surface area (Å²) in [4.78, 5) is 14.5. The molecule has 3 aromatic carbocycles. The molecule has 5 rings (SSSR count). The monoisotopic (exact) mass is 521 g/mol. The minimum absolute atomic E-state index is 0.0536. The zero-order valence-corrected chi connectivity index (χ0v) is 21.5. The normalized spacial score (nSPS) is 15.0. The molecular formula is C28H29Cl2N5O. The molecule has 1 aliphatic rings. The first-order chi connectivity index (χ1) is 17.6. The molecule has 0 amide bonds. The lowest BCUT2D eigenvalue weighted by atomic mass is 9.96. The third-order valence-electron chi connectivity index (χ3n) is 6.56. The summed E-state index contributed by atoms with van der Waals surface area (Å²) < 4.78 is 0. The molecule has 0 aliphatic carbocycles. The molecule has 4 aromatic rings. The second-order valence-electron chi connectivity index (χ2n) is 8.97. The van der Waals surface area contributed by atoms with E-state index in [-0.39, 0.29) is 12.6 Å². The van der Waals surface area contributed by atoms with Gasteiger partial charge in [0.25, 0.3) is 0 Å². The lowest BCUT2D eigenvalue weighted by molar-refractivity contribution is 0.103. The third kappa shape index (κ3) is 5.80. The predicted molar refractivity (Wildman–Crippen MR) is 147 cm³/mol. The lowest BCUT2D eigenvalue weighted by Gasteiger charge is -2.39. The molecule has 0 saturated carbocycles. The van der Waals surface area contributed by atoms with E-state index < -0.39 is 0 Å². The van der Waals surface area contributed by atoms with Crippen LogP contribution in [0, 0.1) is 0 Å². The molecule has 2 N–H and O–H groups in total. The fourth-order valence-corrected chi connectivity index (χ4v) is 5.04. The van der Waals surface area contributed by atoms with Gasteiger partial charge in [-0.3, -0.25) is 9.80 Å². The minimum atomic E-state index is 0.0536. The van der Waals surface area contributed by atoms with Crippen molar-refractivity contribution in [3.8, 4) is 0 Å². The van der Waals surface area contributed by atoms with Gasteiger partial charge in [0.1, 0.15) is 11.6 Å². The third-order valence-corrected chi connectivity index (χ3v) is 7.07. The van der Waals surface area contributed by atoms with E-state index in [0.717, 1.165) is 58.8 Å². The van der Waals surface area contributed by atoms with E-state index in [0.29, 0.717) is 13.1 Å². The second kappa shape index (κ2) is 11.5. The summed E-state index contributed by atoms with van der Waals surface area (Å²) in [5.41, 5.74) is 3.34. The van der Waals surface area contributed by atoms with Crippen LogP contribution in [0.1, 0.15) is 23.0 Å². The summed E-state index contributed by atoms with van der Waals surface area (Å²) in [5.74, 6) is 1.56. The molecule has 1 fully saturated rings.